The van der Waals surface area contributed by atoms with E-state index in [0.717, 1.165) is 18.5 Å². The van der Waals surface area contributed by atoms with Crippen molar-refractivity contribution in [2.45, 2.75) is 31.0 Å². The molecule has 0 radical (unpaired) electrons. The molecule has 118 valence electrons. The third kappa shape index (κ3) is 4.60. The molecule has 6 nitrogen and oxygen atoms in total. The number of halogens is 3. The van der Waals surface area contributed by atoms with Gasteiger partial charge in [-0.1, -0.05) is 6.08 Å². The van der Waals surface area contributed by atoms with E-state index >= 15 is 0 Å². The van der Waals surface area contributed by atoms with Crippen molar-refractivity contribution in [2.75, 3.05) is 0 Å². The molecule has 0 amide bonds. The number of sulfonamides is 1. The van der Waals surface area contributed by atoms with Crippen molar-refractivity contribution in [3.8, 4) is 0 Å². The number of aromatic amines is 1. The van der Waals surface area contributed by atoms with E-state index in [1.807, 2.05) is 0 Å². The Bertz CT molecular complexity index is 634. The Morgan fingerprint density at radius 1 is 1.48 bits per heavy atom. The minimum absolute atomic E-state index is 0.201. The number of alkyl halides is 3. The van der Waals surface area contributed by atoms with Crippen LogP contribution in [0.2, 0.25) is 0 Å². The smallest absolute Gasteiger partial charge is 0.404 e. The average Bonchev–Trinajstić information content (AvgIpc) is 2.84. The van der Waals surface area contributed by atoms with E-state index in [-0.39, 0.29) is 5.69 Å². The molecule has 0 aliphatic rings. The molecule has 1 atom stereocenters. The molecule has 0 spiro atoms. The van der Waals surface area contributed by atoms with Gasteiger partial charge in [0.1, 0.15) is 16.6 Å². The van der Waals surface area contributed by atoms with E-state index in [1.54, 1.807) is 6.92 Å². The third-order valence-corrected chi connectivity index (χ3v) is 3.84. The summed E-state index contributed by atoms with van der Waals surface area (Å²) in [6.45, 7) is 2.27. The van der Waals surface area contributed by atoms with E-state index < -0.39 is 33.1 Å². The molecule has 1 aromatic heterocycles. The van der Waals surface area contributed by atoms with Gasteiger partial charge in [0.15, 0.2) is 0 Å². The van der Waals surface area contributed by atoms with E-state index in [1.165, 1.54) is 10.8 Å². The first-order valence-electron chi connectivity index (χ1n) is 5.67. The fourth-order valence-electron chi connectivity index (χ4n) is 1.21. The first-order chi connectivity index (χ1) is 9.58. The highest BCUT2D eigenvalue weighted by molar-refractivity contribution is 7.89. The quantitative estimate of drug-likeness (QED) is 0.639. The van der Waals surface area contributed by atoms with Crippen LogP contribution in [0.4, 0.5) is 13.2 Å². The summed E-state index contributed by atoms with van der Waals surface area (Å²) in [5, 5.41) is 0. The molecule has 2 N–H and O–H groups in total. The van der Waals surface area contributed by atoms with Gasteiger partial charge < -0.3 is 9.72 Å². The fourth-order valence-corrected chi connectivity index (χ4v) is 2.43. The number of allylic oxidation sites excluding steroid dienone is 1. The summed E-state index contributed by atoms with van der Waals surface area (Å²) in [4.78, 5) is 13.3. The lowest BCUT2D eigenvalue weighted by molar-refractivity contribution is -0.147. The maximum Gasteiger partial charge on any atom is 0.404 e. The Morgan fingerprint density at radius 2 is 2.10 bits per heavy atom. The topological polar surface area (TPSA) is 88.3 Å². The standard InChI is InChI=1S/C11H13F3N2O4S/c1-3-4-20-10(17)9-5-8(6-15-9)21(18,19)16-7(2)11(12,13)14/h3-7,15-16H,1-2H3/b4-3+/t7-/m1/s1. The summed E-state index contributed by atoms with van der Waals surface area (Å²) in [6, 6.07) is -1.37. The van der Waals surface area contributed by atoms with Gasteiger partial charge in [-0.15, -0.1) is 0 Å². The van der Waals surface area contributed by atoms with Crippen LogP contribution in [0.1, 0.15) is 24.3 Å². The second kappa shape index (κ2) is 6.31. The number of carbonyl (C=O) groups excluding carboxylic acids is 1. The summed E-state index contributed by atoms with van der Waals surface area (Å²) >= 11 is 0. The largest absolute Gasteiger partial charge is 0.430 e. The van der Waals surface area contributed by atoms with Gasteiger partial charge in [0.25, 0.3) is 0 Å². The van der Waals surface area contributed by atoms with Gasteiger partial charge in [-0.2, -0.15) is 17.9 Å². The van der Waals surface area contributed by atoms with Crippen molar-refractivity contribution in [2.24, 2.45) is 0 Å². The van der Waals surface area contributed by atoms with Crippen LogP contribution in [0.25, 0.3) is 0 Å². The van der Waals surface area contributed by atoms with Crippen LogP contribution >= 0.6 is 0 Å². The van der Waals surface area contributed by atoms with Gasteiger partial charge in [0.2, 0.25) is 10.0 Å². The van der Waals surface area contributed by atoms with E-state index in [0.29, 0.717) is 6.92 Å². The van der Waals surface area contributed by atoms with Crippen LogP contribution in [0.5, 0.6) is 0 Å². The van der Waals surface area contributed by atoms with E-state index in [4.69, 9.17) is 0 Å². The average molecular weight is 326 g/mol. The number of ether oxygens (including phenoxy) is 1. The van der Waals surface area contributed by atoms with Gasteiger partial charge in [0, 0.05) is 6.20 Å². The van der Waals surface area contributed by atoms with Gasteiger partial charge >= 0.3 is 12.1 Å². The SMILES string of the molecule is C/C=C/OC(=O)c1cc(S(=O)(=O)N[C@H](C)C(F)(F)F)c[nH]1. The number of nitrogens with one attached hydrogen (secondary N) is 2. The number of rotatable bonds is 5. The van der Waals surface area contributed by atoms with Crippen molar-refractivity contribution in [1.29, 1.82) is 0 Å². The fraction of sp³-hybridized carbons (Fsp3) is 0.364. The first-order valence-corrected chi connectivity index (χ1v) is 7.16. The van der Waals surface area contributed by atoms with Crippen molar-refractivity contribution < 1.29 is 31.1 Å². The van der Waals surface area contributed by atoms with Crippen LogP contribution in [-0.4, -0.2) is 31.6 Å². The Kier molecular flexibility index (Phi) is 5.18. The van der Waals surface area contributed by atoms with Crippen LogP contribution in [0, 0.1) is 0 Å². The molecule has 0 bridgehead atoms. The zero-order chi connectivity index (χ0) is 16.3. The number of esters is 1. The third-order valence-electron chi connectivity index (χ3n) is 2.32. The van der Waals surface area contributed by atoms with Crippen LogP contribution in [0.15, 0.2) is 29.5 Å². The van der Waals surface area contributed by atoms with Gasteiger partial charge in [-0.25, -0.2) is 13.2 Å². The lowest BCUT2D eigenvalue weighted by Crippen LogP contribution is -2.42. The van der Waals surface area contributed by atoms with E-state index in [2.05, 4.69) is 9.72 Å². The number of hydrogen-bond acceptors (Lipinski definition) is 4. The Labute approximate surface area is 119 Å². The second-order valence-electron chi connectivity index (χ2n) is 4.01. The first kappa shape index (κ1) is 17.2. The molecule has 0 aliphatic carbocycles. The zero-order valence-corrected chi connectivity index (χ0v) is 11.9. The van der Waals surface area contributed by atoms with Gasteiger partial charge in [0.05, 0.1) is 6.26 Å². The molecule has 1 rings (SSSR count). The summed E-state index contributed by atoms with van der Waals surface area (Å²) in [6.07, 6.45) is -1.29. The molecule has 0 unspecified atom stereocenters. The van der Waals surface area contributed by atoms with Crippen LogP contribution in [-0.2, 0) is 14.8 Å². The summed E-state index contributed by atoms with van der Waals surface area (Å²) in [5.41, 5.74) is -0.201. The lowest BCUT2D eigenvalue weighted by Gasteiger charge is -2.16. The molecule has 0 saturated heterocycles. The molecular formula is C11H13F3N2O4S. The van der Waals surface area contributed by atoms with Gasteiger partial charge in [-0.3, -0.25) is 0 Å². The van der Waals surface area contributed by atoms with Crippen molar-refractivity contribution in [3.63, 3.8) is 0 Å². The minimum atomic E-state index is -4.71. The summed E-state index contributed by atoms with van der Waals surface area (Å²) < 4.78 is 66.6. The Morgan fingerprint density at radius 3 is 2.62 bits per heavy atom. The Hall–Kier alpha value is -1.81. The molecule has 0 aromatic carbocycles. The highest BCUT2D eigenvalue weighted by Gasteiger charge is 2.39. The molecule has 21 heavy (non-hydrogen) atoms. The van der Waals surface area contributed by atoms with Crippen molar-refractivity contribution >= 4 is 16.0 Å². The number of aromatic nitrogens is 1. The molecule has 1 aromatic rings. The zero-order valence-electron chi connectivity index (χ0n) is 11.1. The monoisotopic (exact) mass is 326 g/mol. The predicted molar refractivity (Wildman–Crippen MR) is 66.9 cm³/mol. The highest BCUT2D eigenvalue weighted by atomic mass is 32.2. The normalized spacial score (nSPS) is 14.3. The number of hydrogen-bond donors (Lipinski definition) is 2. The lowest BCUT2D eigenvalue weighted by atomic mass is 10.4. The van der Waals surface area contributed by atoms with Crippen molar-refractivity contribution in [3.05, 3.63) is 30.3 Å². The Balaban J connectivity index is 2.91. The highest BCUT2D eigenvalue weighted by Crippen LogP contribution is 2.22. The van der Waals surface area contributed by atoms with Crippen molar-refractivity contribution in [1.82, 2.24) is 9.71 Å². The van der Waals surface area contributed by atoms with Crippen LogP contribution < -0.4 is 4.72 Å². The molecule has 0 saturated carbocycles. The van der Waals surface area contributed by atoms with Gasteiger partial charge in [-0.05, 0) is 19.9 Å². The molecule has 1 heterocycles. The predicted octanol–water partition coefficient (Wildman–Crippen LogP) is 1.93. The van der Waals surface area contributed by atoms with Crippen LogP contribution in [0.3, 0.4) is 0 Å². The molecule has 0 aliphatic heterocycles. The second-order valence-corrected chi connectivity index (χ2v) is 5.72. The molecule has 0 fully saturated rings. The maximum absolute atomic E-state index is 12.4. The number of carbonyl (C=O) groups is 1. The summed E-state index contributed by atoms with van der Waals surface area (Å²) in [5.74, 6) is -0.863. The molecular weight excluding hydrogens is 313 g/mol. The van der Waals surface area contributed by atoms with E-state index in [9.17, 15) is 26.4 Å². The number of H-pyrrole nitrogens is 1. The molecule has 10 heteroatoms. The minimum Gasteiger partial charge on any atom is -0.430 e. The summed E-state index contributed by atoms with van der Waals surface area (Å²) in [7, 11) is -4.40. The maximum atomic E-state index is 12.4.